The molecule has 162 valence electrons. The number of aromatic nitrogens is 3. The fourth-order valence-electron chi connectivity index (χ4n) is 3.22. The lowest BCUT2D eigenvalue weighted by atomic mass is 10.0. The third kappa shape index (κ3) is 5.02. The molecule has 1 aromatic carbocycles. The van der Waals surface area contributed by atoms with E-state index in [1.54, 1.807) is 4.57 Å². The van der Waals surface area contributed by atoms with Gasteiger partial charge in [-0.2, -0.15) is 4.98 Å². The first kappa shape index (κ1) is 21.9. The van der Waals surface area contributed by atoms with Gasteiger partial charge in [-0.05, 0) is 45.4 Å². The van der Waals surface area contributed by atoms with Crippen molar-refractivity contribution in [3.63, 3.8) is 0 Å². The smallest absolute Gasteiger partial charge is 0.295 e. The number of pyridine rings is 1. The summed E-state index contributed by atoms with van der Waals surface area (Å²) < 4.78 is 1.77. The zero-order chi connectivity index (χ0) is 21.9. The average molecular weight is 411 g/mol. The number of hydrogen-bond acceptors (Lipinski definition) is 6. The van der Waals surface area contributed by atoms with Crippen molar-refractivity contribution in [3.05, 3.63) is 41.5 Å². The molecule has 7 nitrogen and oxygen atoms in total. The third-order valence-corrected chi connectivity index (χ3v) is 5.51. The van der Waals surface area contributed by atoms with E-state index in [4.69, 9.17) is 5.73 Å². The first-order valence-electron chi connectivity index (χ1n) is 10.6. The molecule has 0 spiro atoms. The maximum Gasteiger partial charge on any atom is 0.295 e. The molecule has 0 fully saturated rings. The van der Waals surface area contributed by atoms with Crippen LogP contribution in [0, 0.1) is 0 Å². The highest BCUT2D eigenvalue weighted by Crippen LogP contribution is 2.28. The molecular weight excluding hydrogens is 376 g/mol. The molecule has 30 heavy (non-hydrogen) atoms. The molecule has 0 bridgehead atoms. The Morgan fingerprint density at radius 3 is 2.43 bits per heavy atom. The van der Waals surface area contributed by atoms with Gasteiger partial charge in [-0.15, -0.1) is 0 Å². The van der Waals surface area contributed by atoms with Gasteiger partial charge in [-0.1, -0.05) is 37.6 Å². The van der Waals surface area contributed by atoms with Crippen LogP contribution in [-0.2, 0) is 13.1 Å². The van der Waals surface area contributed by atoms with Crippen LogP contribution in [0.4, 0.5) is 11.6 Å². The predicted molar refractivity (Wildman–Crippen MR) is 124 cm³/mol. The molecule has 0 amide bonds. The van der Waals surface area contributed by atoms with Crippen molar-refractivity contribution in [2.24, 2.45) is 0 Å². The van der Waals surface area contributed by atoms with Crippen molar-refractivity contribution in [1.29, 1.82) is 0 Å². The molecule has 2 heterocycles. The predicted octanol–water partition coefficient (Wildman–Crippen LogP) is 4.21. The van der Waals surface area contributed by atoms with Gasteiger partial charge < -0.3 is 16.2 Å². The molecule has 0 aliphatic carbocycles. The van der Waals surface area contributed by atoms with Gasteiger partial charge in [0.05, 0.1) is 12.1 Å². The zero-order valence-corrected chi connectivity index (χ0v) is 18.7. The second-order valence-corrected chi connectivity index (χ2v) is 8.88. The van der Waals surface area contributed by atoms with Gasteiger partial charge in [0.2, 0.25) is 0 Å². The molecule has 0 aliphatic rings. The van der Waals surface area contributed by atoms with E-state index in [9.17, 15) is 5.11 Å². The van der Waals surface area contributed by atoms with E-state index in [0.29, 0.717) is 23.7 Å². The Balaban J connectivity index is 1.82. The molecular formula is C23H34N6O. The highest BCUT2D eigenvalue weighted by atomic mass is 16.3. The van der Waals surface area contributed by atoms with Gasteiger partial charge in [0, 0.05) is 24.7 Å². The van der Waals surface area contributed by atoms with E-state index in [1.165, 1.54) is 5.56 Å². The van der Waals surface area contributed by atoms with Gasteiger partial charge >= 0.3 is 0 Å². The number of nitrogens with one attached hydrogen (secondary N) is 1. The molecule has 0 saturated heterocycles. The first-order chi connectivity index (χ1) is 14.2. The second kappa shape index (κ2) is 8.92. The molecule has 0 radical (unpaired) electrons. The topological polar surface area (TPSA) is 92.2 Å². The van der Waals surface area contributed by atoms with E-state index < -0.39 is 0 Å². The Kier molecular flexibility index (Phi) is 6.51. The van der Waals surface area contributed by atoms with E-state index in [-0.39, 0.29) is 11.5 Å². The summed E-state index contributed by atoms with van der Waals surface area (Å²) in [7, 11) is 2.13. The van der Waals surface area contributed by atoms with Crippen LogP contribution in [0.25, 0.3) is 11.0 Å². The summed E-state index contributed by atoms with van der Waals surface area (Å²) in [5, 5.41) is 13.7. The number of hydrogen-bond donors (Lipinski definition) is 3. The Morgan fingerprint density at radius 1 is 1.13 bits per heavy atom. The minimum absolute atomic E-state index is 0.0549. The Hall–Kier alpha value is -2.80. The number of unbranched alkanes of at least 4 members (excludes halogenated alkanes) is 1. The Morgan fingerprint density at radius 2 is 1.80 bits per heavy atom. The van der Waals surface area contributed by atoms with Gasteiger partial charge in [0.25, 0.3) is 6.01 Å². The first-order valence-corrected chi connectivity index (χ1v) is 10.6. The quantitative estimate of drug-likeness (QED) is 0.482. The molecule has 0 aliphatic heterocycles. The molecule has 3 aromatic rings. The van der Waals surface area contributed by atoms with Crippen LogP contribution in [0.5, 0.6) is 6.01 Å². The van der Waals surface area contributed by atoms with Gasteiger partial charge in [0.1, 0.15) is 11.3 Å². The van der Waals surface area contributed by atoms with Crippen molar-refractivity contribution in [3.8, 4) is 6.01 Å². The van der Waals surface area contributed by atoms with Crippen molar-refractivity contribution in [2.75, 3.05) is 24.6 Å². The molecule has 0 atom stereocenters. The van der Waals surface area contributed by atoms with E-state index >= 15 is 0 Å². The van der Waals surface area contributed by atoms with Crippen LogP contribution < -0.4 is 11.1 Å². The highest BCUT2D eigenvalue weighted by Gasteiger charge is 2.17. The van der Waals surface area contributed by atoms with E-state index in [0.717, 1.165) is 37.0 Å². The third-order valence-electron chi connectivity index (χ3n) is 5.51. The van der Waals surface area contributed by atoms with Crippen molar-refractivity contribution in [1.82, 2.24) is 19.4 Å². The van der Waals surface area contributed by atoms with Crippen molar-refractivity contribution >= 4 is 22.7 Å². The second-order valence-electron chi connectivity index (χ2n) is 8.88. The van der Waals surface area contributed by atoms with E-state index in [2.05, 4.69) is 79.2 Å². The summed E-state index contributed by atoms with van der Waals surface area (Å²) in [4.78, 5) is 10.9. The highest BCUT2D eigenvalue weighted by molar-refractivity contribution is 5.88. The Bertz CT molecular complexity index is 988. The number of aromatic hydroxyl groups is 1. The number of nitrogens with zero attached hydrogens (tertiary/aromatic N) is 4. The SMILES string of the molecule is CCCCNc1cc2c(nc(O)n2Cc2ccc(CN(C)C(C)(C)C)cc2)c(N)n1. The van der Waals surface area contributed by atoms with Crippen molar-refractivity contribution < 1.29 is 5.11 Å². The summed E-state index contributed by atoms with van der Waals surface area (Å²) in [5.74, 6) is 1.02. The summed E-state index contributed by atoms with van der Waals surface area (Å²) in [6.45, 7) is 11.0. The fourth-order valence-corrected chi connectivity index (χ4v) is 3.22. The van der Waals surface area contributed by atoms with Crippen LogP contribution in [-0.4, -0.2) is 43.7 Å². The standard InChI is InChI=1S/C23H34N6O/c1-6-7-12-25-19-13-18-20(21(24)26-19)27-22(30)29(18)15-17-10-8-16(9-11-17)14-28(5)23(2,3)4/h8-11,13H,6-7,12,14-15H2,1-5H3,(H,27,30)(H3,24,25,26). The maximum atomic E-state index is 10.4. The summed E-state index contributed by atoms with van der Waals surface area (Å²) in [5.41, 5.74) is 9.86. The number of nitrogen functional groups attached to an aromatic ring is 1. The summed E-state index contributed by atoms with van der Waals surface area (Å²) >= 11 is 0. The Labute approximate surface area is 178 Å². The van der Waals surface area contributed by atoms with Gasteiger partial charge in [0.15, 0.2) is 5.82 Å². The minimum Gasteiger partial charge on any atom is -0.480 e. The zero-order valence-electron chi connectivity index (χ0n) is 18.7. The number of benzene rings is 1. The lowest BCUT2D eigenvalue weighted by Crippen LogP contribution is -2.37. The number of anilines is 2. The normalized spacial score (nSPS) is 12.1. The van der Waals surface area contributed by atoms with Crippen LogP contribution in [0.15, 0.2) is 30.3 Å². The van der Waals surface area contributed by atoms with Crippen LogP contribution in [0.1, 0.15) is 51.7 Å². The molecule has 0 unspecified atom stereocenters. The number of rotatable bonds is 8. The van der Waals surface area contributed by atoms with Crippen LogP contribution >= 0.6 is 0 Å². The lowest BCUT2D eigenvalue weighted by Gasteiger charge is -2.31. The van der Waals surface area contributed by atoms with Crippen LogP contribution in [0.2, 0.25) is 0 Å². The lowest BCUT2D eigenvalue weighted by molar-refractivity contribution is 0.167. The monoisotopic (exact) mass is 410 g/mol. The molecule has 7 heteroatoms. The number of imidazole rings is 1. The largest absolute Gasteiger partial charge is 0.480 e. The number of fused-ring (bicyclic) bond motifs is 1. The van der Waals surface area contributed by atoms with E-state index in [1.807, 2.05) is 6.07 Å². The molecule has 2 aromatic heterocycles. The average Bonchev–Trinajstić information content (AvgIpc) is 2.99. The van der Waals surface area contributed by atoms with Gasteiger partial charge in [-0.25, -0.2) is 4.98 Å². The maximum absolute atomic E-state index is 10.4. The fraction of sp³-hybridized carbons (Fsp3) is 0.478. The molecule has 0 saturated carbocycles. The van der Waals surface area contributed by atoms with Crippen LogP contribution in [0.3, 0.4) is 0 Å². The van der Waals surface area contributed by atoms with Crippen molar-refractivity contribution in [2.45, 2.75) is 59.2 Å². The van der Waals surface area contributed by atoms with Gasteiger partial charge in [-0.3, -0.25) is 9.47 Å². The number of nitrogens with two attached hydrogens (primary N) is 1. The molecule has 3 rings (SSSR count). The summed E-state index contributed by atoms with van der Waals surface area (Å²) in [6, 6.07) is 10.3. The summed E-state index contributed by atoms with van der Waals surface area (Å²) in [6.07, 6.45) is 2.16. The molecule has 4 N–H and O–H groups in total. The minimum atomic E-state index is -0.0549.